The third-order valence-electron chi connectivity index (χ3n) is 5.09. The lowest BCUT2D eigenvalue weighted by Gasteiger charge is -2.36. The van der Waals surface area contributed by atoms with Gasteiger partial charge >= 0.3 is 5.97 Å². The largest absolute Gasteiger partial charge is 0.496 e. The molecular weight excluding hydrogens is 512 g/mol. The van der Waals surface area contributed by atoms with Crippen LogP contribution < -0.4 is 10.2 Å². The number of halogens is 1. The summed E-state index contributed by atoms with van der Waals surface area (Å²) in [4.78, 5) is 39.6. The van der Waals surface area contributed by atoms with Gasteiger partial charge in [-0.05, 0) is 56.7 Å². The van der Waals surface area contributed by atoms with Crippen molar-refractivity contribution in [3.63, 3.8) is 0 Å². The van der Waals surface area contributed by atoms with Crippen LogP contribution in [-0.4, -0.2) is 35.4 Å². The molecule has 8 heteroatoms. The van der Waals surface area contributed by atoms with Gasteiger partial charge < -0.3 is 9.47 Å². The van der Waals surface area contributed by atoms with E-state index < -0.39 is 23.3 Å². The van der Waals surface area contributed by atoms with E-state index in [4.69, 9.17) is 9.47 Å². The summed E-state index contributed by atoms with van der Waals surface area (Å²) in [5, 5.41) is 1.21. The Bertz CT molecular complexity index is 1220. The monoisotopic (exact) mass is 538 g/mol. The summed E-state index contributed by atoms with van der Waals surface area (Å²) >= 11 is 3.35. The molecule has 0 radical (unpaired) electrons. The van der Waals surface area contributed by atoms with Crippen LogP contribution in [0.2, 0.25) is 0 Å². The van der Waals surface area contributed by atoms with Crippen LogP contribution in [0.15, 0.2) is 77.3 Å². The second-order valence-corrected chi connectivity index (χ2v) is 9.62. The molecule has 0 aliphatic rings. The van der Waals surface area contributed by atoms with Crippen molar-refractivity contribution in [2.24, 2.45) is 0 Å². The summed E-state index contributed by atoms with van der Waals surface area (Å²) in [5.74, 6) is -1.36. The van der Waals surface area contributed by atoms with Crippen LogP contribution in [0.1, 0.15) is 57.4 Å². The molecule has 0 saturated carbocycles. The highest BCUT2D eigenvalue weighted by molar-refractivity contribution is 9.10. The zero-order valence-electron chi connectivity index (χ0n) is 20.0. The first kappa shape index (κ1) is 26.0. The Morgan fingerprint density at radius 2 is 1.51 bits per heavy atom. The summed E-state index contributed by atoms with van der Waals surface area (Å²) in [6, 6.07) is 20.6. The quantitative estimate of drug-likeness (QED) is 0.335. The van der Waals surface area contributed by atoms with Crippen molar-refractivity contribution in [2.75, 3.05) is 7.11 Å². The molecule has 0 aromatic heterocycles. The molecule has 2 amide bonds. The van der Waals surface area contributed by atoms with Gasteiger partial charge in [-0.3, -0.25) is 15.0 Å². The molecule has 0 bridgehead atoms. The van der Waals surface area contributed by atoms with E-state index in [0.29, 0.717) is 5.75 Å². The van der Waals surface area contributed by atoms with Gasteiger partial charge in [-0.2, -0.15) is 0 Å². The third-order valence-corrected chi connectivity index (χ3v) is 5.58. The van der Waals surface area contributed by atoms with Crippen molar-refractivity contribution in [3.05, 3.63) is 99.5 Å². The predicted octanol–water partition coefficient (Wildman–Crippen LogP) is 5.40. The van der Waals surface area contributed by atoms with Crippen molar-refractivity contribution in [1.82, 2.24) is 10.4 Å². The number of hydrogen-bond acceptors (Lipinski definition) is 5. The van der Waals surface area contributed by atoms with Crippen LogP contribution in [0.4, 0.5) is 0 Å². The van der Waals surface area contributed by atoms with Crippen LogP contribution in [0.3, 0.4) is 0 Å². The third kappa shape index (κ3) is 6.48. The van der Waals surface area contributed by atoms with Gasteiger partial charge in [-0.15, -0.1) is 0 Å². The van der Waals surface area contributed by atoms with Gasteiger partial charge in [0.1, 0.15) is 12.4 Å². The maximum Gasteiger partial charge on any atom is 0.339 e. The number of esters is 1. The molecule has 182 valence electrons. The fraction of sp³-hybridized carbons (Fsp3) is 0.222. The highest BCUT2D eigenvalue weighted by Gasteiger charge is 2.32. The smallest absolute Gasteiger partial charge is 0.339 e. The van der Waals surface area contributed by atoms with Gasteiger partial charge in [0.15, 0.2) is 0 Å². The Kier molecular flexibility index (Phi) is 8.30. The van der Waals surface area contributed by atoms with E-state index in [2.05, 4.69) is 21.4 Å². The zero-order valence-corrected chi connectivity index (χ0v) is 21.6. The first-order valence-corrected chi connectivity index (χ1v) is 11.7. The van der Waals surface area contributed by atoms with E-state index in [1.165, 1.54) is 24.3 Å². The normalized spacial score (nSPS) is 10.9. The highest BCUT2D eigenvalue weighted by Crippen LogP contribution is 2.25. The fourth-order valence-electron chi connectivity index (χ4n) is 3.31. The molecular formula is C27H27BrN2O5. The molecule has 0 saturated heterocycles. The summed E-state index contributed by atoms with van der Waals surface area (Å²) in [6.45, 7) is 5.41. The first-order chi connectivity index (χ1) is 16.6. The Labute approximate surface area is 213 Å². The minimum Gasteiger partial charge on any atom is -0.496 e. The van der Waals surface area contributed by atoms with Crippen LogP contribution in [0.25, 0.3) is 0 Å². The molecule has 1 N–H and O–H groups in total. The minimum atomic E-state index is -0.809. The fourth-order valence-corrected chi connectivity index (χ4v) is 3.65. The van der Waals surface area contributed by atoms with Gasteiger partial charge in [0.25, 0.3) is 11.8 Å². The summed E-state index contributed by atoms with van der Waals surface area (Å²) in [5.41, 5.74) is 3.19. The number of methoxy groups -OCH3 is 1. The lowest BCUT2D eigenvalue weighted by molar-refractivity contribution is 0.0347. The van der Waals surface area contributed by atoms with Gasteiger partial charge in [0, 0.05) is 4.47 Å². The molecule has 0 fully saturated rings. The number of benzene rings is 3. The van der Waals surface area contributed by atoms with E-state index in [9.17, 15) is 14.4 Å². The van der Waals surface area contributed by atoms with Gasteiger partial charge in [-0.1, -0.05) is 58.4 Å². The lowest BCUT2D eigenvalue weighted by Crippen LogP contribution is -2.56. The Hall–Kier alpha value is -3.65. The van der Waals surface area contributed by atoms with Crippen LogP contribution in [0, 0.1) is 0 Å². The van der Waals surface area contributed by atoms with Gasteiger partial charge in [0.2, 0.25) is 0 Å². The topological polar surface area (TPSA) is 84.9 Å². The molecule has 0 spiro atoms. The second-order valence-electron chi connectivity index (χ2n) is 8.70. The molecule has 0 unspecified atom stereocenters. The Morgan fingerprint density at radius 1 is 0.886 bits per heavy atom. The van der Waals surface area contributed by atoms with E-state index in [-0.39, 0.29) is 23.3 Å². The average Bonchev–Trinajstić information content (AvgIpc) is 2.85. The maximum atomic E-state index is 13.6. The highest BCUT2D eigenvalue weighted by atomic mass is 79.9. The minimum absolute atomic E-state index is 0.0747. The summed E-state index contributed by atoms with van der Waals surface area (Å²) < 4.78 is 11.5. The first-order valence-electron chi connectivity index (χ1n) is 10.9. The summed E-state index contributed by atoms with van der Waals surface area (Å²) in [6.07, 6.45) is 0. The SMILES string of the molecule is COc1cc(Br)ccc1C(=O)NN(C(=O)c1ccccc1C(=O)OCc1ccccc1)C(C)(C)C. The van der Waals surface area contributed by atoms with Crippen molar-refractivity contribution in [3.8, 4) is 5.75 Å². The zero-order chi connectivity index (χ0) is 25.6. The van der Waals surface area contributed by atoms with Gasteiger partial charge in [0.05, 0.1) is 29.3 Å². The average molecular weight is 539 g/mol. The van der Waals surface area contributed by atoms with Crippen LogP contribution in [-0.2, 0) is 11.3 Å². The number of amides is 2. The predicted molar refractivity (Wildman–Crippen MR) is 136 cm³/mol. The van der Waals surface area contributed by atoms with Crippen molar-refractivity contribution in [2.45, 2.75) is 32.9 Å². The molecule has 35 heavy (non-hydrogen) atoms. The van der Waals surface area contributed by atoms with Crippen molar-refractivity contribution in [1.29, 1.82) is 0 Å². The molecule has 0 atom stereocenters. The standard InChI is InChI=1S/C27H27BrN2O5/c1-27(2,3)30(29-24(31)22-15-14-19(28)16-23(22)34-4)25(32)20-12-8-9-13-21(20)26(33)35-17-18-10-6-5-7-11-18/h5-16H,17H2,1-4H3,(H,29,31). The number of carbonyl (C=O) groups is 3. The second kappa shape index (κ2) is 11.2. The van der Waals surface area contributed by atoms with E-state index in [1.54, 1.807) is 51.1 Å². The number of hydrogen-bond donors (Lipinski definition) is 1. The number of rotatable bonds is 6. The molecule has 3 aromatic rings. The lowest BCUT2D eigenvalue weighted by atomic mass is 10.0. The Balaban J connectivity index is 1.87. The number of hydrazine groups is 1. The molecule has 0 heterocycles. The van der Waals surface area contributed by atoms with E-state index >= 15 is 0 Å². The molecule has 0 aliphatic heterocycles. The number of nitrogens with zero attached hydrogens (tertiary/aromatic N) is 1. The Morgan fingerprint density at radius 3 is 2.14 bits per heavy atom. The number of nitrogens with one attached hydrogen (secondary N) is 1. The van der Waals surface area contributed by atoms with Crippen molar-refractivity contribution < 1.29 is 23.9 Å². The van der Waals surface area contributed by atoms with E-state index in [1.807, 2.05) is 30.3 Å². The molecule has 7 nitrogen and oxygen atoms in total. The van der Waals surface area contributed by atoms with Crippen LogP contribution in [0.5, 0.6) is 5.75 Å². The molecule has 3 rings (SSSR count). The van der Waals surface area contributed by atoms with Gasteiger partial charge in [-0.25, -0.2) is 9.80 Å². The van der Waals surface area contributed by atoms with Crippen LogP contribution >= 0.6 is 15.9 Å². The molecule has 3 aromatic carbocycles. The summed E-state index contributed by atoms with van der Waals surface area (Å²) in [7, 11) is 1.46. The number of carbonyl (C=O) groups excluding carboxylic acids is 3. The maximum absolute atomic E-state index is 13.6. The number of ether oxygens (including phenoxy) is 2. The van der Waals surface area contributed by atoms with E-state index in [0.717, 1.165) is 10.0 Å². The molecule has 0 aliphatic carbocycles. The van der Waals surface area contributed by atoms with Crippen molar-refractivity contribution >= 4 is 33.7 Å².